The van der Waals surface area contributed by atoms with E-state index >= 15 is 0 Å². The minimum Gasteiger partial charge on any atom is -0.371 e. The van der Waals surface area contributed by atoms with E-state index in [4.69, 9.17) is 4.98 Å². The van der Waals surface area contributed by atoms with E-state index in [1.165, 1.54) is 90.3 Å². The van der Waals surface area contributed by atoms with Crippen LogP contribution in [0.3, 0.4) is 0 Å². The number of nitrogens with zero attached hydrogens (tertiary/aromatic N) is 4. The number of para-hydroxylation sites is 1. The summed E-state index contributed by atoms with van der Waals surface area (Å²) in [4.78, 5) is 10.4. The van der Waals surface area contributed by atoms with E-state index in [1.807, 2.05) is 6.07 Å². The van der Waals surface area contributed by atoms with Crippen LogP contribution in [0.2, 0.25) is 0 Å². The van der Waals surface area contributed by atoms with E-state index in [2.05, 4.69) is 81.1 Å². The molecule has 5 aromatic rings. The monoisotopic (exact) mass is 680 g/mol. The van der Waals surface area contributed by atoms with Gasteiger partial charge in [0.25, 0.3) is 0 Å². The summed E-state index contributed by atoms with van der Waals surface area (Å²) in [5.74, 6) is 0. The molecule has 2 aliphatic rings. The molecule has 4 nitrogen and oxygen atoms in total. The average Bonchev–Trinajstić information content (AvgIpc) is 3.11. The maximum Gasteiger partial charge on any atom is 0.0676 e. The van der Waals surface area contributed by atoms with E-state index in [0.29, 0.717) is 0 Å². The van der Waals surface area contributed by atoms with E-state index in [1.54, 1.807) is 0 Å². The molecule has 2 aromatic heterocycles. The second kappa shape index (κ2) is 11.1. The summed E-state index contributed by atoms with van der Waals surface area (Å²) in [6.07, 6.45) is 12.5. The quantitative estimate of drug-likeness (QED) is 0.143. The van der Waals surface area contributed by atoms with Crippen LogP contribution >= 0.6 is 0 Å². The molecule has 0 aliphatic carbocycles. The molecule has 197 valence electrons. The van der Waals surface area contributed by atoms with Gasteiger partial charge >= 0.3 is 0 Å². The van der Waals surface area contributed by atoms with E-state index in [0.717, 1.165) is 37.2 Å². The molecule has 38 heavy (non-hydrogen) atoms. The third-order valence-corrected chi connectivity index (χ3v) is 8.45. The molecule has 7 rings (SSSR count). The second-order valence-corrected chi connectivity index (χ2v) is 10.8. The Morgan fingerprint density at radius 3 is 1.89 bits per heavy atom. The molecule has 2 fully saturated rings. The zero-order chi connectivity index (χ0) is 24.6. The van der Waals surface area contributed by atoms with Gasteiger partial charge in [-0.1, -0.05) is 55.3 Å². The fourth-order valence-electron chi connectivity index (χ4n) is 6.63. The van der Waals surface area contributed by atoms with Crippen molar-refractivity contribution in [2.45, 2.75) is 51.4 Å². The van der Waals surface area contributed by atoms with Gasteiger partial charge in [-0.15, -0.1) is 29.7 Å². The van der Waals surface area contributed by atoms with Crippen LogP contribution in [-0.2, 0) is 20.1 Å². The smallest absolute Gasteiger partial charge is 0.0676 e. The number of anilines is 2. The predicted octanol–water partition coefficient (Wildman–Crippen LogP) is 7.87. The first-order chi connectivity index (χ1) is 18.4. The number of pyridine rings is 1. The molecular formula is C33H35IrN4-. The number of hydrogen-bond donors (Lipinski definition) is 0. The van der Waals surface area contributed by atoms with Gasteiger partial charge in [0.1, 0.15) is 0 Å². The number of aromatic nitrogens is 2. The Hall–Kier alpha value is -2.88. The molecule has 0 spiro atoms. The molecule has 0 saturated carbocycles. The summed E-state index contributed by atoms with van der Waals surface area (Å²) in [7, 11) is 0. The largest absolute Gasteiger partial charge is 0.371 e. The Kier molecular flexibility index (Phi) is 7.41. The van der Waals surface area contributed by atoms with Crippen molar-refractivity contribution in [3.8, 4) is 11.3 Å². The first-order valence-electron chi connectivity index (χ1n) is 14.2. The Bertz CT molecular complexity index is 1520. The number of imidazole rings is 1. The van der Waals surface area contributed by atoms with Gasteiger partial charge in [-0.3, -0.25) is 4.98 Å². The van der Waals surface area contributed by atoms with Crippen molar-refractivity contribution in [3.63, 3.8) is 0 Å². The third kappa shape index (κ3) is 4.40. The van der Waals surface area contributed by atoms with Crippen LogP contribution in [0.15, 0.2) is 66.9 Å². The van der Waals surface area contributed by atoms with Crippen molar-refractivity contribution < 1.29 is 20.1 Å². The van der Waals surface area contributed by atoms with Crippen molar-refractivity contribution >= 4 is 38.7 Å². The maximum absolute atomic E-state index is 5.08. The molecule has 2 saturated heterocycles. The van der Waals surface area contributed by atoms with Crippen molar-refractivity contribution in [1.29, 1.82) is 0 Å². The maximum atomic E-state index is 5.08. The SMILES string of the molecule is [Ir].[c-]1cccc2c1c1ncc(-c3c(N4CCCCCC4)cccc3N3CCCCCC3)n1c1ccccc21. The summed E-state index contributed by atoms with van der Waals surface area (Å²) in [5, 5.41) is 3.57. The number of rotatable bonds is 3. The van der Waals surface area contributed by atoms with Crippen molar-refractivity contribution in [3.05, 3.63) is 72.9 Å². The minimum absolute atomic E-state index is 0. The van der Waals surface area contributed by atoms with Crippen LogP contribution in [0.1, 0.15) is 51.4 Å². The average molecular weight is 680 g/mol. The van der Waals surface area contributed by atoms with E-state index in [9.17, 15) is 0 Å². The normalized spacial score (nSPS) is 16.9. The van der Waals surface area contributed by atoms with Gasteiger partial charge in [0.15, 0.2) is 0 Å². The van der Waals surface area contributed by atoms with Crippen LogP contribution < -0.4 is 9.80 Å². The van der Waals surface area contributed by atoms with Crippen LogP contribution in [0.25, 0.3) is 38.6 Å². The number of benzene rings is 3. The van der Waals surface area contributed by atoms with Crippen LogP contribution in [0.4, 0.5) is 11.4 Å². The Labute approximate surface area is 239 Å². The predicted molar refractivity (Wildman–Crippen MR) is 156 cm³/mol. The molecule has 0 N–H and O–H groups in total. The summed E-state index contributed by atoms with van der Waals surface area (Å²) < 4.78 is 2.41. The van der Waals surface area contributed by atoms with Crippen molar-refractivity contribution in [1.82, 2.24) is 9.38 Å². The molecule has 1 radical (unpaired) electrons. The fraction of sp³-hybridized carbons (Fsp3) is 0.364. The van der Waals surface area contributed by atoms with Gasteiger partial charge in [0.2, 0.25) is 0 Å². The molecule has 0 unspecified atom stereocenters. The molecule has 5 heteroatoms. The minimum atomic E-state index is 0. The molecule has 0 bridgehead atoms. The number of hydrogen-bond acceptors (Lipinski definition) is 3. The molecule has 0 amide bonds. The third-order valence-electron chi connectivity index (χ3n) is 8.45. The number of fused-ring (bicyclic) bond motifs is 6. The van der Waals surface area contributed by atoms with Gasteiger partial charge in [0, 0.05) is 74.9 Å². The summed E-state index contributed by atoms with van der Waals surface area (Å²) in [5.41, 5.74) is 7.49. The molecule has 3 aromatic carbocycles. The molecule has 4 heterocycles. The van der Waals surface area contributed by atoms with E-state index in [-0.39, 0.29) is 20.1 Å². The summed E-state index contributed by atoms with van der Waals surface area (Å²) >= 11 is 0. The summed E-state index contributed by atoms with van der Waals surface area (Å²) in [6, 6.07) is 25.6. The van der Waals surface area contributed by atoms with Gasteiger partial charge < -0.3 is 14.2 Å². The summed E-state index contributed by atoms with van der Waals surface area (Å²) in [6.45, 7) is 4.52. The second-order valence-electron chi connectivity index (χ2n) is 10.8. The van der Waals surface area contributed by atoms with Crippen molar-refractivity contribution in [2.75, 3.05) is 36.0 Å². The first-order valence-corrected chi connectivity index (χ1v) is 14.2. The van der Waals surface area contributed by atoms with Gasteiger partial charge in [0.05, 0.1) is 11.3 Å². The molecule has 2 aliphatic heterocycles. The molecule has 0 atom stereocenters. The van der Waals surface area contributed by atoms with Gasteiger partial charge in [-0.25, -0.2) is 0 Å². The van der Waals surface area contributed by atoms with Crippen LogP contribution in [0, 0.1) is 6.07 Å². The Balaban J connectivity index is 0.00000264. The fourth-order valence-corrected chi connectivity index (χ4v) is 6.63. The Morgan fingerprint density at radius 1 is 0.632 bits per heavy atom. The van der Waals surface area contributed by atoms with Gasteiger partial charge in [-0.2, -0.15) is 0 Å². The van der Waals surface area contributed by atoms with Crippen LogP contribution in [0.5, 0.6) is 0 Å². The zero-order valence-corrected chi connectivity index (χ0v) is 24.4. The van der Waals surface area contributed by atoms with Gasteiger partial charge in [-0.05, 0) is 49.3 Å². The van der Waals surface area contributed by atoms with E-state index < -0.39 is 0 Å². The molecular weight excluding hydrogens is 645 g/mol. The standard InChI is InChI=1S/C33H35N4.Ir/c1-2-10-21-35(20-9-1)29-18-13-19-30(36-22-11-3-4-12-23-36)32(29)31-24-34-33-27-16-6-5-14-25(27)26-15-7-8-17-28(26)37(31)33;/h5-8,13-15,17-19,24H,1-4,9-12,20-23H2;/q-1;. The topological polar surface area (TPSA) is 23.8 Å². The van der Waals surface area contributed by atoms with Crippen LogP contribution in [-0.4, -0.2) is 35.6 Å². The zero-order valence-electron chi connectivity index (χ0n) is 22.0. The first kappa shape index (κ1) is 25.4. The van der Waals surface area contributed by atoms with Crippen molar-refractivity contribution in [2.24, 2.45) is 0 Å². The Morgan fingerprint density at radius 2 is 1.24 bits per heavy atom.